The van der Waals surface area contributed by atoms with Gasteiger partial charge in [0.2, 0.25) is 5.91 Å². The predicted octanol–water partition coefficient (Wildman–Crippen LogP) is 0.841. The number of hydrogen-bond donors (Lipinski definition) is 1. The zero-order valence-electron chi connectivity index (χ0n) is 11.9. The molecule has 2 aromatic rings. The van der Waals surface area contributed by atoms with E-state index in [9.17, 15) is 4.79 Å². The third-order valence-electron chi connectivity index (χ3n) is 3.78. The largest absolute Gasteiger partial charge is 0.333 e. The van der Waals surface area contributed by atoms with Crippen molar-refractivity contribution >= 4 is 5.91 Å². The molecule has 1 aromatic heterocycles. The molecule has 1 aliphatic heterocycles. The Morgan fingerprint density at radius 2 is 2.14 bits per heavy atom. The third kappa shape index (κ3) is 3.28. The van der Waals surface area contributed by atoms with Crippen molar-refractivity contribution in [3.8, 4) is 0 Å². The van der Waals surface area contributed by atoms with Crippen molar-refractivity contribution in [1.82, 2.24) is 25.0 Å². The molecule has 110 valence electrons. The molecule has 6 heteroatoms. The summed E-state index contributed by atoms with van der Waals surface area (Å²) >= 11 is 0. The number of carbonyl (C=O) groups excluding carboxylic acids is 1. The standard InChI is InChI=1S/C15H19N5O/c21-15-10-16-7-9-20(15)14(13-4-2-1-3-5-13)6-8-19-12-17-11-18-19/h1-5,11-12,14,16H,6-10H2. The summed E-state index contributed by atoms with van der Waals surface area (Å²) in [6.07, 6.45) is 4.08. The van der Waals surface area contributed by atoms with Crippen LogP contribution in [0.2, 0.25) is 0 Å². The topological polar surface area (TPSA) is 63.1 Å². The smallest absolute Gasteiger partial charge is 0.237 e. The summed E-state index contributed by atoms with van der Waals surface area (Å²) in [6.45, 7) is 2.76. The van der Waals surface area contributed by atoms with Gasteiger partial charge in [-0.3, -0.25) is 9.48 Å². The van der Waals surface area contributed by atoms with E-state index in [1.807, 2.05) is 27.8 Å². The molecule has 0 spiro atoms. The van der Waals surface area contributed by atoms with Gasteiger partial charge in [0, 0.05) is 19.6 Å². The summed E-state index contributed by atoms with van der Waals surface area (Å²) in [7, 11) is 0. The van der Waals surface area contributed by atoms with Crippen molar-refractivity contribution < 1.29 is 4.79 Å². The van der Waals surface area contributed by atoms with Crippen LogP contribution in [0.15, 0.2) is 43.0 Å². The number of aryl methyl sites for hydroxylation is 1. The highest BCUT2D eigenvalue weighted by Gasteiger charge is 2.26. The Kier molecular flexibility index (Phi) is 4.25. The first-order valence-corrected chi connectivity index (χ1v) is 7.22. The van der Waals surface area contributed by atoms with Gasteiger partial charge in [0.15, 0.2) is 0 Å². The first-order valence-electron chi connectivity index (χ1n) is 7.22. The molecule has 2 heterocycles. The third-order valence-corrected chi connectivity index (χ3v) is 3.78. The van der Waals surface area contributed by atoms with Crippen molar-refractivity contribution in [1.29, 1.82) is 0 Å². The van der Waals surface area contributed by atoms with Gasteiger partial charge >= 0.3 is 0 Å². The summed E-state index contributed by atoms with van der Waals surface area (Å²) in [5, 5.41) is 7.26. The number of benzene rings is 1. The number of nitrogens with one attached hydrogen (secondary N) is 1. The summed E-state index contributed by atoms with van der Waals surface area (Å²) in [4.78, 5) is 18.1. The van der Waals surface area contributed by atoms with E-state index in [1.54, 1.807) is 6.33 Å². The molecular weight excluding hydrogens is 266 g/mol. The minimum Gasteiger partial charge on any atom is -0.333 e. The van der Waals surface area contributed by atoms with Crippen molar-refractivity contribution in [3.05, 3.63) is 48.5 Å². The van der Waals surface area contributed by atoms with Gasteiger partial charge in [-0.05, 0) is 12.0 Å². The van der Waals surface area contributed by atoms with Gasteiger partial charge in [0.05, 0.1) is 12.6 Å². The lowest BCUT2D eigenvalue weighted by atomic mass is 10.0. The van der Waals surface area contributed by atoms with Gasteiger partial charge in [0.25, 0.3) is 0 Å². The average molecular weight is 285 g/mol. The molecule has 1 fully saturated rings. The van der Waals surface area contributed by atoms with Crippen LogP contribution in [0.4, 0.5) is 0 Å². The molecule has 0 saturated carbocycles. The van der Waals surface area contributed by atoms with Gasteiger partial charge in [-0.1, -0.05) is 30.3 Å². The second-order valence-electron chi connectivity index (χ2n) is 5.14. The van der Waals surface area contributed by atoms with E-state index in [0.29, 0.717) is 6.54 Å². The van der Waals surface area contributed by atoms with Crippen LogP contribution in [0, 0.1) is 0 Å². The van der Waals surface area contributed by atoms with Crippen LogP contribution in [0.25, 0.3) is 0 Å². The van der Waals surface area contributed by atoms with E-state index < -0.39 is 0 Å². The van der Waals surface area contributed by atoms with Gasteiger partial charge in [-0.2, -0.15) is 5.10 Å². The number of nitrogens with zero attached hydrogens (tertiary/aromatic N) is 4. The monoisotopic (exact) mass is 285 g/mol. The Labute approximate surface area is 123 Å². The highest BCUT2D eigenvalue weighted by molar-refractivity contribution is 5.79. The lowest BCUT2D eigenvalue weighted by Gasteiger charge is -2.35. The van der Waals surface area contributed by atoms with Crippen LogP contribution < -0.4 is 5.32 Å². The highest BCUT2D eigenvalue weighted by atomic mass is 16.2. The molecule has 1 N–H and O–H groups in total. The number of rotatable bonds is 5. The van der Waals surface area contributed by atoms with Crippen molar-refractivity contribution in [2.75, 3.05) is 19.6 Å². The summed E-state index contributed by atoms with van der Waals surface area (Å²) in [5.41, 5.74) is 1.17. The number of aromatic nitrogens is 3. The fourth-order valence-electron chi connectivity index (χ4n) is 2.73. The molecule has 6 nitrogen and oxygen atoms in total. The minimum absolute atomic E-state index is 0.0880. The van der Waals surface area contributed by atoms with E-state index in [-0.39, 0.29) is 11.9 Å². The van der Waals surface area contributed by atoms with Crippen molar-refractivity contribution in [3.63, 3.8) is 0 Å². The fourth-order valence-corrected chi connectivity index (χ4v) is 2.73. The Morgan fingerprint density at radius 3 is 2.86 bits per heavy atom. The first kappa shape index (κ1) is 13.8. The summed E-state index contributed by atoms with van der Waals surface area (Å²) < 4.78 is 1.81. The van der Waals surface area contributed by atoms with Crippen LogP contribution in [-0.4, -0.2) is 45.2 Å². The van der Waals surface area contributed by atoms with Gasteiger partial charge < -0.3 is 10.2 Å². The van der Waals surface area contributed by atoms with E-state index in [0.717, 1.165) is 26.1 Å². The van der Waals surface area contributed by atoms with Gasteiger partial charge in [0.1, 0.15) is 12.7 Å². The molecule has 21 heavy (non-hydrogen) atoms. The molecule has 0 bridgehead atoms. The second-order valence-corrected chi connectivity index (χ2v) is 5.14. The maximum absolute atomic E-state index is 12.2. The second kappa shape index (κ2) is 6.49. The molecular formula is C15H19N5O. The summed E-state index contributed by atoms with van der Waals surface area (Å²) in [5.74, 6) is 0.161. The van der Waals surface area contributed by atoms with Crippen LogP contribution in [-0.2, 0) is 11.3 Å². The molecule has 0 aliphatic carbocycles. The molecule has 1 saturated heterocycles. The molecule has 3 rings (SSSR count). The minimum atomic E-state index is 0.0880. The number of hydrogen-bond acceptors (Lipinski definition) is 4. The summed E-state index contributed by atoms with van der Waals surface area (Å²) in [6, 6.07) is 10.3. The Morgan fingerprint density at radius 1 is 1.29 bits per heavy atom. The quantitative estimate of drug-likeness (QED) is 0.884. The van der Waals surface area contributed by atoms with Crippen LogP contribution in [0.1, 0.15) is 18.0 Å². The zero-order chi connectivity index (χ0) is 14.5. The predicted molar refractivity (Wildman–Crippen MR) is 78.4 cm³/mol. The molecule has 0 radical (unpaired) electrons. The maximum Gasteiger partial charge on any atom is 0.237 e. The van der Waals surface area contributed by atoms with E-state index in [1.165, 1.54) is 11.9 Å². The van der Waals surface area contributed by atoms with Gasteiger partial charge in [-0.15, -0.1) is 0 Å². The fraction of sp³-hybridized carbons (Fsp3) is 0.400. The van der Waals surface area contributed by atoms with Crippen LogP contribution >= 0.6 is 0 Å². The van der Waals surface area contributed by atoms with E-state index in [2.05, 4.69) is 27.5 Å². The van der Waals surface area contributed by atoms with Crippen LogP contribution in [0.5, 0.6) is 0 Å². The number of amides is 1. The number of carbonyl (C=O) groups is 1. The normalized spacial score (nSPS) is 17.0. The van der Waals surface area contributed by atoms with Crippen LogP contribution in [0.3, 0.4) is 0 Å². The molecule has 1 aromatic carbocycles. The van der Waals surface area contributed by atoms with E-state index in [4.69, 9.17) is 0 Å². The Balaban J connectivity index is 1.78. The lowest BCUT2D eigenvalue weighted by molar-refractivity contribution is -0.134. The first-order chi connectivity index (χ1) is 10.3. The van der Waals surface area contributed by atoms with Gasteiger partial charge in [-0.25, -0.2) is 4.98 Å². The van der Waals surface area contributed by atoms with Crippen molar-refractivity contribution in [2.24, 2.45) is 0 Å². The van der Waals surface area contributed by atoms with Crippen molar-refractivity contribution in [2.45, 2.75) is 19.0 Å². The zero-order valence-corrected chi connectivity index (χ0v) is 11.9. The lowest BCUT2D eigenvalue weighted by Crippen LogP contribution is -2.49. The maximum atomic E-state index is 12.2. The molecule has 1 unspecified atom stereocenters. The molecule has 1 amide bonds. The highest BCUT2D eigenvalue weighted by Crippen LogP contribution is 2.25. The Hall–Kier alpha value is -2.21. The molecule has 1 aliphatic rings. The Bertz CT molecular complexity index is 569. The SMILES string of the molecule is O=C1CNCCN1C(CCn1cncn1)c1ccccc1. The average Bonchev–Trinajstić information content (AvgIpc) is 3.04. The number of piperazine rings is 1. The van der Waals surface area contributed by atoms with E-state index >= 15 is 0 Å². The molecule has 1 atom stereocenters.